The molecule has 5 rings (SSSR count). The first-order valence-electron chi connectivity index (χ1n) is 11.6. The van der Waals surface area contributed by atoms with Gasteiger partial charge in [0, 0.05) is 27.0 Å². The highest BCUT2D eigenvalue weighted by Gasteiger charge is 2.34. The van der Waals surface area contributed by atoms with E-state index in [1.807, 2.05) is 69.3 Å². The van der Waals surface area contributed by atoms with Gasteiger partial charge in [0.1, 0.15) is 18.4 Å². The molecule has 1 aromatic heterocycles. The Morgan fingerprint density at radius 2 is 1.84 bits per heavy atom. The number of rotatable bonds is 6. The molecule has 1 unspecified atom stereocenters. The van der Waals surface area contributed by atoms with Gasteiger partial charge in [0.2, 0.25) is 5.95 Å². The van der Waals surface area contributed by atoms with E-state index in [2.05, 4.69) is 26.2 Å². The van der Waals surface area contributed by atoms with Crippen molar-refractivity contribution in [3.8, 4) is 5.75 Å². The van der Waals surface area contributed by atoms with Crippen LogP contribution in [0.4, 0.5) is 11.6 Å². The van der Waals surface area contributed by atoms with Crippen LogP contribution in [0, 0.1) is 13.8 Å². The van der Waals surface area contributed by atoms with Crippen LogP contribution >= 0.6 is 23.2 Å². The molecule has 0 saturated heterocycles. The number of carbonyl (C=O) groups is 1. The first-order valence-corrected chi connectivity index (χ1v) is 12.4. The second-order valence-corrected chi connectivity index (χ2v) is 9.72. The third-order valence-corrected chi connectivity index (χ3v) is 6.78. The van der Waals surface area contributed by atoms with Crippen LogP contribution in [0.2, 0.25) is 10.0 Å². The number of allylic oxidation sites excluding steroid dienone is 1. The van der Waals surface area contributed by atoms with Gasteiger partial charge < -0.3 is 15.4 Å². The van der Waals surface area contributed by atoms with Crippen LogP contribution in [-0.2, 0) is 11.4 Å². The summed E-state index contributed by atoms with van der Waals surface area (Å²) in [5.41, 5.74) is 5.71. The van der Waals surface area contributed by atoms with Gasteiger partial charge in [-0.25, -0.2) is 0 Å². The summed E-state index contributed by atoms with van der Waals surface area (Å²) in [4.78, 5) is 13.6. The number of benzene rings is 3. The largest absolute Gasteiger partial charge is 0.489 e. The summed E-state index contributed by atoms with van der Waals surface area (Å²) in [6, 6.07) is 18.2. The number of tetrazole rings is 1. The molecule has 188 valence electrons. The summed E-state index contributed by atoms with van der Waals surface area (Å²) in [6.45, 7) is 6.12. The van der Waals surface area contributed by atoms with Crippen molar-refractivity contribution >= 4 is 40.7 Å². The summed E-state index contributed by atoms with van der Waals surface area (Å²) in [5.74, 6) is 0.881. The van der Waals surface area contributed by atoms with E-state index < -0.39 is 6.04 Å². The number of aryl methyl sites for hydroxylation is 2. The SMILES string of the molecule is CC1=C(C(=O)Nc2ccc(C)cc2C)C(c2ccc(OCc3ccc(Cl)cc3Cl)cc2)n2nnnc2N1. The molecule has 37 heavy (non-hydrogen) atoms. The third-order valence-electron chi connectivity index (χ3n) is 6.19. The van der Waals surface area contributed by atoms with Crippen LogP contribution in [-0.4, -0.2) is 26.1 Å². The Balaban J connectivity index is 1.41. The molecule has 8 nitrogen and oxygen atoms in total. The molecule has 0 aliphatic carbocycles. The second-order valence-electron chi connectivity index (χ2n) is 8.88. The number of anilines is 2. The molecule has 4 aromatic rings. The minimum atomic E-state index is -0.531. The monoisotopic (exact) mass is 534 g/mol. The molecule has 1 aliphatic rings. The van der Waals surface area contributed by atoms with Crippen molar-refractivity contribution < 1.29 is 9.53 Å². The molecule has 0 bridgehead atoms. The van der Waals surface area contributed by atoms with Gasteiger partial charge in [-0.05, 0) is 72.7 Å². The lowest BCUT2D eigenvalue weighted by Crippen LogP contribution is -2.31. The van der Waals surface area contributed by atoms with Gasteiger partial charge in [-0.1, -0.05) is 64.2 Å². The van der Waals surface area contributed by atoms with E-state index in [1.54, 1.807) is 16.8 Å². The zero-order valence-electron chi connectivity index (χ0n) is 20.4. The first kappa shape index (κ1) is 24.8. The van der Waals surface area contributed by atoms with Crippen molar-refractivity contribution in [1.82, 2.24) is 20.2 Å². The van der Waals surface area contributed by atoms with Gasteiger partial charge in [-0.2, -0.15) is 4.68 Å². The molecule has 0 saturated carbocycles. The van der Waals surface area contributed by atoms with Crippen LogP contribution in [0.25, 0.3) is 0 Å². The first-order chi connectivity index (χ1) is 17.8. The lowest BCUT2D eigenvalue weighted by Gasteiger charge is -2.28. The van der Waals surface area contributed by atoms with Crippen molar-refractivity contribution in [2.24, 2.45) is 0 Å². The van der Waals surface area contributed by atoms with Crippen molar-refractivity contribution in [2.75, 3.05) is 10.6 Å². The zero-order valence-corrected chi connectivity index (χ0v) is 21.9. The highest BCUT2D eigenvalue weighted by atomic mass is 35.5. The average Bonchev–Trinajstić information content (AvgIpc) is 3.33. The van der Waals surface area contributed by atoms with Crippen LogP contribution in [0.5, 0.6) is 5.75 Å². The summed E-state index contributed by atoms with van der Waals surface area (Å²) in [6.07, 6.45) is 0. The van der Waals surface area contributed by atoms with Crippen LogP contribution in [0.1, 0.15) is 35.2 Å². The van der Waals surface area contributed by atoms with E-state index in [0.29, 0.717) is 39.6 Å². The molecular formula is C27H24Cl2N6O2. The Morgan fingerprint density at radius 3 is 2.57 bits per heavy atom. The molecule has 1 aliphatic heterocycles. The molecule has 2 heterocycles. The number of carbonyl (C=O) groups excluding carboxylic acids is 1. The van der Waals surface area contributed by atoms with Crippen molar-refractivity contribution in [3.63, 3.8) is 0 Å². The molecule has 0 fully saturated rings. The van der Waals surface area contributed by atoms with Crippen molar-refractivity contribution in [2.45, 2.75) is 33.4 Å². The third kappa shape index (κ3) is 5.16. The predicted octanol–water partition coefficient (Wildman–Crippen LogP) is 6.10. The number of fused-ring (bicyclic) bond motifs is 1. The molecule has 0 spiro atoms. The topological polar surface area (TPSA) is 94.0 Å². The maximum atomic E-state index is 13.6. The number of hydrogen-bond acceptors (Lipinski definition) is 6. The van der Waals surface area contributed by atoms with E-state index in [-0.39, 0.29) is 5.91 Å². The number of ether oxygens (including phenoxy) is 1. The fourth-order valence-electron chi connectivity index (χ4n) is 4.30. The molecular weight excluding hydrogens is 511 g/mol. The minimum Gasteiger partial charge on any atom is -0.489 e. The fourth-order valence-corrected chi connectivity index (χ4v) is 4.77. The normalized spacial score (nSPS) is 14.7. The standard InChI is InChI=1S/C27H24Cl2N6O2/c1-15-4-11-23(16(2)12-15)31-26(36)24-17(3)30-27-32-33-34-35(27)25(24)18-6-9-21(10-7-18)37-14-19-5-8-20(28)13-22(19)29/h4-13,25H,14H2,1-3H3,(H,31,36)(H,30,32,34). The summed E-state index contributed by atoms with van der Waals surface area (Å²) < 4.78 is 7.53. The summed E-state index contributed by atoms with van der Waals surface area (Å²) in [5, 5.41) is 19.3. The maximum Gasteiger partial charge on any atom is 0.255 e. The Labute approximate surface area is 224 Å². The van der Waals surface area contributed by atoms with Crippen LogP contribution in [0.3, 0.4) is 0 Å². The number of amides is 1. The number of nitrogens with zero attached hydrogens (tertiary/aromatic N) is 4. The van der Waals surface area contributed by atoms with Gasteiger partial charge in [0.05, 0.1) is 5.57 Å². The molecule has 3 aromatic carbocycles. The van der Waals surface area contributed by atoms with Crippen molar-refractivity contribution in [3.05, 3.63) is 104 Å². The van der Waals surface area contributed by atoms with Gasteiger partial charge in [0.25, 0.3) is 5.91 Å². The van der Waals surface area contributed by atoms with E-state index in [4.69, 9.17) is 27.9 Å². The Bertz CT molecular complexity index is 1510. The quantitative estimate of drug-likeness (QED) is 0.310. The minimum absolute atomic E-state index is 0.235. The van der Waals surface area contributed by atoms with Crippen LogP contribution in [0.15, 0.2) is 71.9 Å². The maximum absolute atomic E-state index is 13.6. The Hall–Kier alpha value is -3.88. The Kier molecular flexibility index (Phi) is 6.86. The number of nitrogens with one attached hydrogen (secondary N) is 2. The van der Waals surface area contributed by atoms with Gasteiger partial charge in [-0.15, -0.1) is 0 Å². The highest BCUT2D eigenvalue weighted by Crippen LogP contribution is 2.36. The predicted molar refractivity (Wildman–Crippen MR) is 144 cm³/mol. The summed E-state index contributed by atoms with van der Waals surface area (Å²) >= 11 is 12.2. The average molecular weight is 535 g/mol. The molecule has 1 atom stereocenters. The lowest BCUT2D eigenvalue weighted by atomic mass is 9.94. The highest BCUT2D eigenvalue weighted by molar-refractivity contribution is 6.35. The Morgan fingerprint density at radius 1 is 1.05 bits per heavy atom. The number of aromatic nitrogens is 4. The summed E-state index contributed by atoms with van der Waals surface area (Å²) in [7, 11) is 0. The van der Waals surface area contributed by atoms with E-state index in [9.17, 15) is 4.79 Å². The van der Waals surface area contributed by atoms with E-state index in [1.165, 1.54) is 0 Å². The number of halogens is 2. The molecule has 10 heteroatoms. The zero-order chi connectivity index (χ0) is 26.1. The van der Waals surface area contributed by atoms with Crippen LogP contribution < -0.4 is 15.4 Å². The lowest BCUT2D eigenvalue weighted by molar-refractivity contribution is -0.113. The fraction of sp³-hybridized carbons (Fsp3) is 0.185. The van der Waals surface area contributed by atoms with Gasteiger partial charge in [0.15, 0.2) is 0 Å². The molecule has 2 N–H and O–H groups in total. The van der Waals surface area contributed by atoms with Gasteiger partial charge >= 0.3 is 0 Å². The smallest absolute Gasteiger partial charge is 0.255 e. The molecule has 1 amide bonds. The van der Waals surface area contributed by atoms with Gasteiger partial charge in [-0.3, -0.25) is 4.79 Å². The second kappa shape index (κ2) is 10.2. The number of hydrogen-bond donors (Lipinski definition) is 2. The van der Waals surface area contributed by atoms with E-state index >= 15 is 0 Å². The van der Waals surface area contributed by atoms with Crippen molar-refractivity contribution in [1.29, 1.82) is 0 Å². The molecule has 0 radical (unpaired) electrons. The van der Waals surface area contributed by atoms with E-state index in [0.717, 1.165) is 27.9 Å².